The molecule has 1 aliphatic rings. The van der Waals surface area contributed by atoms with E-state index in [1.807, 2.05) is 0 Å². The molecule has 0 spiro atoms. The molecule has 7 heteroatoms. The van der Waals surface area contributed by atoms with Crippen LogP contribution in [0.15, 0.2) is 29.3 Å². The lowest BCUT2D eigenvalue weighted by molar-refractivity contribution is -0.121. The number of isothiocyanates is 1. The maximum Gasteiger partial charge on any atom is 0.220 e. The first-order valence-corrected chi connectivity index (χ1v) is 9.50. The van der Waals surface area contributed by atoms with Gasteiger partial charge in [-0.05, 0) is 60.9 Å². The van der Waals surface area contributed by atoms with Gasteiger partial charge in [0.2, 0.25) is 5.91 Å². The predicted octanol–water partition coefficient (Wildman–Crippen LogP) is 2.52. The van der Waals surface area contributed by atoms with Gasteiger partial charge in [0, 0.05) is 26.1 Å². The molecule has 2 unspecified atom stereocenters. The summed E-state index contributed by atoms with van der Waals surface area (Å²) in [5, 5.41) is 15.2. The molecule has 0 fully saturated rings. The number of aliphatic imine (C=N–C) groups is 1. The van der Waals surface area contributed by atoms with Gasteiger partial charge >= 0.3 is 0 Å². The molecule has 0 saturated carbocycles. The van der Waals surface area contributed by atoms with Crippen LogP contribution in [-0.4, -0.2) is 36.7 Å². The maximum atomic E-state index is 12.1. The van der Waals surface area contributed by atoms with Crippen LogP contribution in [0.4, 0.5) is 0 Å². The number of fused-ring (bicyclic) bond motifs is 2. The molecule has 2 atom stereocenters. The van der Waals surface area contributed by atoms with Gasteiger partial charge in [0.05, 0.1) is 5.16 Å². The van der Waals surface area contributed by atoms with Gasteiger partial charge in [-0.3, -0.25) is 10.2 Å². The molecule has 2 bridgehead atoms. The van der Waals surface area contributed by atoms with Gasteiger partial charge in [0.15, 0.2) is 5.96 Å². The van der Waals surface area contributed by atoms with Gasteiger partial charge in [-0.15, -0.1) is 0 Å². The lowest BCUT2D eigenvalue weighted by atomic mass is 9.84. The maximum absolute atomic E-state index is 12.1. The van der Waals surface area contributed by atoms with Crippen molar-refractivity contribution >= 4 is 29.2 Å². The number of amides is 1. The first kappa shape index (κ1) is 20.1. The van der Waals surface area contributed by atoms with E-state index in [0.717, 1.165) is 32.2 Å². The van der Waals surface area contributed by atoms with Crippen LogP contribution in [0.2, 0.25) is 0 Å². The molecule has 1 amide bonds. The standard InChI is InChI=1S/C19H27N5OS/c20-19(21)24-11-3-10-23-18(25)8-7-17-15-5-1-4-14(12-15)16(17)6-2-9-22-13-26/h1,4-5,12,16-17H,2-3,6-11H2,(H,23,25)(H4,20,21,24). The molecule has 26 heavy (non-hydrogen) atoms. The van der Waals surface area contributed by atoms with Crippen molar-refractivity contribution < 1.29 is 4.79 Å². The first-order valence-electron chi connectivity index (χ1n) is 9.10. The van der Waals surface area contributed by atoms with E-state index in [1.54, 1.807) is 0 Å². The number of carbonyl (C=O) groups is 1. The number of thiocarbonyl (C=S) groups is 1. The molecule has 0 aliphatic heterocycles. The Hall–Kier alpha value is -2.24. The zero-order valence-electron chi connectivity index (χ0n) is 15.0. The summed E-state index contributed by atoms with van der Waals surface area (Å²) in [5.74, 6) is 0.910. The lowest BCUT2D eigenvalue weighted by Gasteiger charge is -2.21. The second-order valence-electron chi connectivity index (χ2n) is 6.58. The molecule has 1 aromatic carbocycles. The number of carbonyl (C=O) groups excluding carboxylic acids is 1. The summed E-state index contributed by atoms with van der Waals surface area (Å²) in [4.78, 5) is 16.1. The number of nitrogens with two attached hydrogens (primary N) is 1. The third-order valence-corrected chi connectivity index (χ3v) is 4.90. The summed E-state index contributed by atoms with van der Waals surface area (Å²) in [6.45, 7) is 1.91. The van der Waals surface area contributed by atoms with Crippen LogP contribution in [0, 0.1) is 5.41 Å². The number of benzene rings is 1. The first-order chi connectivity index (χ1) is 12.6. The Morgan fingerprint density at radius 2 is 1.88 bits per heavy atom. The van der Waals surface area contributed by atoms with Crippen molar-refractivity contribution in [2.75, 3.05) is 19.6 Å². The van der Waals surface area contributed by atoms with Gasteiger partial charge in [-0.25, -0.2) is 4.99 Å². The molecule has 0 saturated heterocycles. The number of guanidine groups is 1. The molecule has 0 heterocycles. The highest BCUT2D eigenvalue weighted by molar-refractivity contribution is 7.78. The summed E-state index contributed by atoms with van der Waals surface area (Å²) in [5.41, 5.74) is 7.92. The lowest BCUT2D eigenvalue weighted by Crippen LogP contribution is -2.33. The molecule has 5 N–H and O–H groups in total. The number of nitrogens with one attached hydrogen (secondary N) is 3. The molecule has 140 valence electrons. The Labute approximate surface area is 160 Å². The van der Waals surface area contributed by atoms with E-state index in [-0.39, 0.29) is 11.9 Å². The smallest absolute Gasteiger partial charge is 0.220 e. The van der Waals surface area contributed by atoms with Gasteiger partial charge in [0.1, 0.15) is 0 Å². The highest BCUT2D eigenvalue weighted by atomic mass is 32.1. The molecule has 0 radical (unpaired) electrons. The molecule has 0 aromatic heterocycles. The van der Waals surface area contributed by atoms with Gasteiger partial charge in [-0.2, -0.15) is 0 Å². The second-order valence-corrected chi connectivity index (χ2v) is 6.76. The van der Waals surface area contributed by atoms with Crippen LogP contribution < -0.4 is 16.4 Å². The monoisotopic (exact) mass is 373 g/mol. The van der Waals surface area contributed by atoms with E-state index < -0.39 is 0 Å². The van der Waals surface area contributed by atoms with Crippen molar-refractivity contribution in [3.8, 4) is 0 Å². The Morgan fingerprint density at radius 3 is 2.58 bits per heavy atom. The summed E-state index contributed by atoms with van der Waals surface area (Å²) in [7, 11) is 0. The molecular formula is C19H27N5OS. The zero-order valence-corrected chi connectivity index (χ0v) is 15.8. The van der Waals surface area contributed by atoms with E-state index in [9.17, 15) is 4.79 Å². The van der Waals surface area contributed by atoms with Crippen LogP contribution in [0.3, 0.4) is 0 Å². The minimum atomic E-state index is -0.0401. The predicted molar refractivity (Wildman–Crippen MR) is 108 cm³/mol. The van der Waals surface area contributed by atoms with E-state index in [1.165, 1.54) is 11.1 Å². The van der Waals surface area contributed by atoms with E-state index in [4.69, 9.17) is 11.1 Å². The average molecular weight is 374 g/mol. The summed E-state index contributed by atoms with van der Waals surface area (Å²) >= 11 is 4.62. The largest absolute Gasteiger partial charge is 0.370 e. The molecule has 2 rings (SSSR count). The van der Waals surface area contributed by atoms with Crippen molar-refractivity contribution in [2.24, 2.45) is 10.7 Å². The van der Waals surface area contributed by atoms with Crippen molar-refractivity contribution in [2.45, 2.75) is 43.9 Å². The van der Waals surface area contributed by atoms with E-state index >= 15 is 0 Å². The number of hydrogen-bond acceptors (Lipinski definition) is 4. The fourth-order valence-corrected chi connectivity index (χ4v) is 3.66. The van der Waals surface area contributed by atoms with Gasteiger partial charge < -0.3 is 16.4 Å². The van der Waals surface area contributed by atoms with Crippen LogP contribution >= 0.6 is 12.2 Å². The highest BCUT2D eigenvalue weighted by Crippen LogP contribution is 2.45. The van der Waals surface area contributed by atoms with Gasteiger partial charge in [0.25, 0.3) is 0 Å². The van der Waals surface area contributed by atoms with Gasteiger partial charge in [-0.1, -0.05) is 24.3 Å². The van der Waals surface area contributed by atoms with Crippen molar-refractivity contribution in [1.29, 1.82) is 5.41 Å². The number of hydrogen-bond donors (Lipinski definition) is 4. The Bertz CT molecular complexity index is 672. The Kier molecular flexibility index (Phi) is 8.25. The zero-order chi connectivity index (χ0) is 18.8. The fraction of sp³-hybridized carbons (Fsp3) is 0.526. The molecule has 1 aliphatic carbocycles. The minimum Gasteiger partial charge on any atom is -0.370 e. The van der Waals surface area contributed by atoms with Crippen LogP contribution in [0.5, 0.6) is 0 Å². The van der Waals surface area contributed by atoms with Crippen LogP contribution in [0.25, 0.3) is 0 Å². The number of nitrogens with zero attached hydrogens (tertiary/aromatic N) is 1. The quantitative estimate of drug-likeness (QED) is 0.207. The molecule has 1 aromatic rings. The Balaban J connectivity index is 1.76. The fourth-order valence-electron chi connectivity index (χ4n) is 3.57. The van der Waals surface area contributed by atoms with E-state index in [0.29, 0.717) is 31.3 Å². The molecular weight excluding hydrogens is 346 g/mol. The molecule has 6 nitrogen and oxygen atoms in total. The van der Waals surface area contributed by atoms with Crippen LogP contribution in [-0.2, 0) is 4.79 Å². The third-order valence-electron chi connectivity index (χ3n) is 4.78. The van der Waals surface area contributed by atoms with Crippen molar-refractivity contribution in [3.05, 3.63) is 35.4 Å². The number of rotatable bonds is 11. The highest BCUT2D eigenvalue weighted by Gasteiger charge is 2.30. The van der Waals surface area contributed by atoms with E-state index in [2.05, 4.69) is 57.3 Å². The van der Waals surface area contributed by atoms with Crippen molar-refractivity contribution in [1.82, 2.24) is 10.6 Å². The van der Waals surface area contributed by atoms with Crippen molar-refractivity contribution in [3.63, 3.8) is 0 Å². The summed E-state index contributed by atoms with van der Waals surface area (Å²) < 4.78 is 0. The summed E-state index contributed by atoms with van der Waals surface area (Å²) in [6.07, 6.45) is 4.16. The summed E-state index contributed by atoms with van der Waals surface area (Å²) in [6, 6.07) is 8.71. The SMILES string of the molecule is N=C(N)NCCCNC(=O)CCC1c2cccc(c2)C1CCCN=C=S. The Morgan fingerprint density at radius 1 is 1.19 bits per heavy atom. The average Bonchev–Trinajstić information content (AvgIpc) is 2.85. The topological polar surface area (TPSA) is 103 Å². The normalized spacial score (nSPS) is 17.4. The minimum absolute atomic E-state index is 0.0401. The van der Waals surface area contributed by atoms with Crippen LogP contribution in [0.1, 0.15) is 55.1 Å². The third kappa shape index (κ3) is 6.24. The second kappa shape index (κ2) is 10.7.